The van der Waals surface area contributed by atoms with Crippen LogP contribution in [-0.4, -0.2) is 50.1 Å². The Morgan fingerprint density at radius 1 is 1.30 bits per heavy atom. The van der Waals surface area contributed by atoms with Crippen molar-refractivity contribution in [3.63, 3.8) is 0 Å². The lowest BCUT2D eigenvalue weighted by atomic mass is 10.0. The molecule has 0 spiro atoms. The molecule has 0 atom stereocenters. The standard InChI is InChI=1S/C18H25N3O2/c1-13-15(12-17(22)23-4)18(19-10-7-11-21(2)3)14-8-5-6-9-16(14)20-13/h5-6,8-9H,7,10-12H2,1-4H3,(H,19,20). The number of nitrogens with zero attached hydrogens (tertiary/aromatic N) is 2. The number of methoxy groups -OCH3 is 1. The van der Waals surface area contributed by atoms with Crippen LogP contribution in [0.5, 0.6) is 0 Å². The van der Waals surface area contributed by atoms with Crippen molar-refractivity contribution in [2.75, 3.05) is 39.6 Å². The third-order valence-electron chi connectivity index (χ3n) is 3.83. The molecule has 0 aliphatic rings. The fourth-order valence-electron chi connectivity index (χ4n) is 2.62. The van der Waals surface area contributed by atoms with E-state index in [0.717, 1.165) is 47.4 Å². The molecule has 0 radical (unpaired) electrons. The number of carbonyl (C=O) groups is 1. The highest BCUT2D eigenvalue weighted by Crippen LogP contribution is 2.29. The second-order valence-electron chi connectivity index (χ2n) is 5.90. The third kappa shape index (κ3) is 4.42. The van der Waals surface area contributed by atoms with Crippen molar-refractivity contribution < 1.29 is 9.53 Å². The Balaban J connectivity index is 2.35. The lowest BCUT2D eigenvalue weighted by Gasteiger charge is -2.17. The summed E-state index contributed by atoms with van der Waals surface area (Å²) in [6.07, 6.45) is 1.26. The molecule has 0 saturated carbocycles. The molecule has 2 rings (SSSR count). The SMILES string of the molecule is COC(=O)Cc1c(C)nc2ccccc2c1NCCCN(C)C. The van der Waals surface area contributed by atoms with Crippen molar-refractivity contribution in [1.82, 2.24) is 9.88 Å². The minimum Gasteiger partial charge on any atom is -0.469 e. The van der Waals surface area contributed by atoms with Gasteiger partial charge < -0.3 is 15.0 Å². The highest BCUT2D eigenvalue weighted by Gasteiger charge is 2.15. The number of rotatable bonds is 7. The molecule has 1 aromatic heterocycles. The molecule has 0 amide bonds. The van der Waals surface area contributed by atoms with E-state index in [0.29, 0.717) is 0 Å². The molecule has 2 aromatic rings. The molecule has 124 valence electrons. The number of nitrogens with one attached hydrogen (secondary N) is 1. The summed E-state index contributed by atoms with van der Waals surface area (Å²) >= 11 is 0. The van der Waals surface area contributed by atoms with E-state index in [2.05, 4.69) is 29.3 Å². The van der Waals surface area contributed by atoms with Crippen molar-refractivity contribution in [3.8, 4) is 0 Å². The molecule has 0 unspecified atom stereocenters. The number of carbonyl (C=O) groups excluding carboxylic acids is 1. The highest BCUT2D eigenvalue weighted by molar-refractivity contribution is 5.95. The smallest absolute Gasteiger partial charge is 0.310 e. The van der Waals surface area contributed by atoms with Gasteiger partial charge in [-0.15, -0.1) is 0 Å². The van der Waals surface area contributed by atoms with Crippen molar-refractivity contribution in [2.45, 2.75) is 19.8 Å². The normalized spacial score (nSPS) is 11.0. The van der Waals surface area contributed by atoms with Crippen LogP contribution in [0.25, 0.3) is 10.9 Å². The zero-order valence-corrected chi connectivity index (χ0v) is 14.3. The maximum absolute atomic E-state index is 11.8. The number of esters is 1. The van der Waals surface area contributed by atoms with Crippen LogP contribution in [0, 0.1) is 6.92 Å². The van der Waals surface area contributed by atoms with Gasteiger partial charge in [-0.25, -0.2) is 0 Å². The second kappa shape index (κ2) is 7.92. The van der Waals surface area contributed by atoms with Crippen LogP contribution in [0.1, 0.15) is 17.7 Å². The second-order valence-corrected chi connectivity index (χ2v) is 5.90. The Morgan fingerprint density at radius 2 is 2.04 bits per heavy atom. The summed E-state index contributed by atoms with van der Waals surface area (Å²) in [7, 11) is 5.54. The predicted molar refractivity (Wildman–Crippen MR) is 93.9 cm³/mol. The van der Waals surface area contributed by atoms with Crippen LogP contribution in [-0.2, 0) is 16.0 Å². The lowest BCUT2D eigenvalue weighted by Crippen LogP contribution is -2.17. The molecule has 5 heteroatoms. The number of anilines is 1. The average Bonchev–Trinajstić information content (AvgIpc) is 2.53. The molecule has 1 aromatic carbocycles. The first kappa shape index (κ1) is 17.2. The van der Waals surface area contributed by atoms with E-state index in [1.165, 1.54) is 7.11 Å². The summed E-state index contributed by atoms with van der Waals surface area (Å²) in [5, 5.41) is 4.55. The number of aromatic nitrogens is 1. The van der Waals surface area contributed by atoms with E-state index >= 15 is 0 Å². The Kier molecular flexibility index (Phi) is 5.93. The molecule has 5 nitrogen and oxygen atoms in total. The van der Waals surface area contributed by atoms with Crippen LogP contribution in [0.15, 0.2) is 24.3 Å². The maximum atomic E-state index is 11.8. The number of aryl methyl sites for hydroxylation is 1. The minimum absolute atomic E-state index is 0.232. The monoisotopic (exact) mass is 315 g/mol. The number of fused-ring (bicyclic) bond motifs is 1. The molecule has 0 saturated heterocycles. The van der Waals surface area contributed by atoms with Gasteiger partial charge in [-0.1, -0.05) is 18.2 Å². The fraction of sp³-hybridized carbons (Fsp3) is 0.444. The van der Waals surface area contributed by atoms with Gasteiger partial charge in [0, 0.05) is 28.9 Å². The number of ether oxygens (including phenoxy) is 1. The summed E-state index contributed by atoms with van der Waals surface area (Å²) in [6.45, 7) is 3.80. The lowest BCUT2D eigenvalue weighted by molar-refractivity contribution is -0.139. The van der Waals surface area contributed by atoms with Gasteiger partial charge in [-0.05, 0) is 40.1 Å². The predicted octanol–water partition coefficient (Wildman–Crippen LogP) is 2.62. The summed E-state index contributed by atoms with van der Waals surface area (Å²) in [4.78, 5) is 18.5. The molecule has 1 N–H and O–H groups in total. The summed E-state index contributed by atoms with van der Waals surface area (Å²) in [5.74, 6) is -0.249. The van der Waals surface area contributed by atoms with Gasteiger partial charge in [-0.2, -0.15) is 0 Å². The van der Waals surface area contributed by atoms with Crippen LogP contribution < -0.4 is 5.32 Å². The molecule has 0 bridgehead atoms. The molecular weight excluding hydrogens is 290 g/mol. The molecular formula is C18H25N3O2. The third-order valence-corrected chi connectivity index (χ3v) is 3.83. The number of para-hydroxylation sites is 1. The molecule has 0 aliphatic heterocycles. The highest BCUT2D eigenvalue weighted by atomic mass is 16.5. The van der Waals surface area contributed by atoms with E-state index in [1.54, 1.807) is 0 Å². The van der Waals surface area contributed by atoms with E-state index in [9.17, 15) is 4.79 Å². The topological polar surface area (TPSA) is 54.5 Å². The average molecular weight is 315 g/mol. The van der Waals surface area contributed by atoms with Gasteiger partial charge >= 0.3 is 5.97 Å². The van der Waals surface area contributed by atoms with Gasteiger partial charge in [0.05, 0.1) is 19.0 Å². The number of benzene rings is 1. The number of hydrogen-bond donors (Lipinski definition) is 1. The number of pyridine rings is 1. The number of hydrogen-bond acceptors (Lipinski definition) is 5. The zero-order valence-electron chi connectivity index (χ0n) is 14.3. The first-order valence-corrected chi connectivity index (χ1v) is 7.86. The van der Waals surface area contributed by atoms with E-state index < -0.39 is 0 Å². The molecule has 0 aliphatic carbocycles. The Hall–Kier alpha value is -2.14. The Labute approximate surface area is 137 Å². The van der Waals surface area contributed by atoms with E-state index in [4.69, 9.17) is 4.74 Å². The summed E-state index contributed by atoms with van der Waals surface area (Å²) in [5.41, 5.74) is 3.72. The van der Waals surface area contributed by atoms with Crippen LogP contribution in [0.3, 0.4) is 0 Å². The fourth-order valence-corrected chi connectivity index (χ4v) is 2.62. The van der Waals surface area contributed by atoms with Crippen molar-refractivity contribution in [1.29, 1.82) is 0 Å². The van der Waals surface area contributed by atoms with Crippen LogP contribution in [0.4, 0.5) is 5.69 Å². The largest absolute Gasteiger partial charge is 0.469 e. The molecule has 1 heterocycles. The summed E-state index contributed by atoms with van der Waals surface area (Å²) in [6, 6.07) is 8.00. The van der Waals surface area contributed by atoms with Crippen LogP contribution in [0.2, 0.25) is 0 Å². The van der Waals surface area contributed by atoms with Gasteiger partial charge in [0.2, 0.25) is 0 Å². The van der Waals surface area contributed by atoms with Gasteiger partial charge in [-0.3, -0.25) is 9.78 Å². The summed E-state index contributed by atoms with van der Waals surface area (Å²) < 4.78 is 4.83. The van der Waals surface area contributed by atoms with E-state index in [-0.39, 0.29) is 12.4 Å². The quantitative estimate of drug-likeness (QED) is 0.629. The Bertz CT molecular complexity index is 683. The first-order chi connectivity index (χ1) is 11.0. The van der Waals surface area contributed by atoms with E-state index in [1.807, 2.05) is 31.2 Å². The maximum Gasteiger partial charge on any atom is 0.310 e. The van der Waals surface area contributed by atoms with Crippen molar-refractivity contribution >= 4 is 22.6 Å². The minimum atomic E-state index is -0.249. The van der Waals surface area contributed by atoms with Gasteiger partial charge in [0.15, 0.2) is 0 Å². The Morgan fingerprint density at radius 3 is 2.74 bits per heavy atom. The van der Waals surface area contributed by atoms with Gasteiger partial charge in [0.25, 0.3) is 0 Å². The van der Waals surface area contributed by atoms with Gasteiger partial charge in [0.1, 0.15) is 0 Å². The first-order valence-electron chi connectivity index (χ1n) is 7.86. The van der Waals surface area contributed by atoms with Crippen molar-refractivity contribution in [2.24, 2.45) is 0 Å². The molecule has 0 fully saturated rings. The van der Waals surface area contributed by atoms with Crippen LogP contribution >= 0.6 is 0 Å². The molecule has 23 heavy (non-hydrogen) atoms. The van der Waals surface area contributed by atoms with Crippen molar-refractivity contribution in [3.05, 3.63) is 35.5 Å². The zero-order chi connectivity index (χ0) is 16.8.